The van der Waals surface area contributed by atoms with Crippen LogP contribution in [0.4, 0.5) is 0 Å². The van der Waals surface area contributed by atoms with E-state index < -0.39 is 11.9 Å². The molecular formula is C11H18N2O3. The molecule has 0 aliphatic rings. The zero-order valence-corrected chi connectivity index (χ0v) is 9.87. The highest BCUT2D eigenvalue weighted by atomic mass is 16.1. The quantitative estimate of drug-likeness (QED) is 0.611. The Labute approximate surface area is 95.1 Å². The zero-order chi connectivity index (χ0) is 12.7. The average Bonchev–Trinajstić information content (AvgIpc) is 2.09. The van der Waals surface area contributed by atoms with Crippen molar-refractivity contribution in [2.24, 2.45) is 5.73 Å². The smallest absolute Gasteiger partial charge is 0.217 e. The number of primary amides is 1. The maximum atomic E-state index is 11.3. The number of carbonyl (C=O) groups excluding carboxylic acids is 3. The number of carbonyl (C=O) groups is 3. The van der Waals surface area contributed by atoms with Gasteiger partial charge in [-0.15, -0.1) is 0 Å². The fourth-order valence-electron chi connectivity index (χ4n) is 1.29. The van der Waals surface area contributed by atoms with Crippen molar-refractivity contribution in [1.29, 1.82) is 0 Å². The Hall–Kier alpha value is -1.65. The molecule has 0 saturated heterocycles. The van der Waals surface area contributed by atoms with Gasteiger partial charge in [0.25, 0.3) is 0 Å². The van der Waals surface area contributed by atoms with Crippen molar-refractivity contribution in [2.45, 2.75) is 39.7 Å². The highest BCUT2D eigenvalue weighted by Gasteiger charge is 2.14. The molecular weight excluding hydrogens is 208 g/mol. The van der Waals surface area contributed by atoms with Crippen molar-refractivity contribution in [3.8, 4) is 0 Å². The highest BCUT2D eigenvalue weighted by Crippen LogP contribution is 2.01. The van der Waals surface area contributed by atoms with Crippen molar-refractivity contribution in [3.05, 3.63) is 11.8 Å². The van der Waals surface area contributed by atoms with E-state index in [2.05, 4.69) is 5.32 Å². The van der Waals surface area contributed by atoms with Crippen LogP contribution in [-0.4, -0.2) is 23.5 Å². The maximum Gasteiger partial charge on any atom is 0.217 e. The van der Waals surface area contributed by atoms with E-state index >= 15 is 0 Å². The van der Waals surface area contributed by atoms with E-state index in [1.54, 1.807) is 6.92 Å². The van der Waals surface area contributed by atoms with Crippen LogP contribution >= 0.6 is 0 Å². The molecule has 0 saturated carbocycles. The molecule has 0 fully saturated rings. The first kappa shape index (κ1) is 14.3. The molecule has 5 heteroatoms. The number of hydrogen-bond acceptors (Lipinski definition) is 4. The molecule has 0 aromatic rings. The lowest BCUT2D eigenvalue weighted by molar-refractivity contribution is -0.120. The third kappa shape index (κ3) is 6.75. The van der Waals surface area contributed by atoms with Crippen molar-refractivity contribution < 1.29 is 14.4 Å². The van der Waals surface area contributed by atoms with Crippen LogP contribution < -0.4 is 11.1 Å². The number of nitrogens with two attached hydrogens (primary N) is 1. The predicted molar refractivity (Wildman–Crippen MR) is 60.5 cm³/mol. The summed E-state index contributed by atoms with van der Waals surface area (Å²) >= 11 is 0. The largest absolute Gasteiger partial charge is 0.379 e. The number of ketones is 2. The summed E-state index contributed by atoms with van der Waals surface area (Å²) in [6, 6.07) is -0.469. The van der Waals surface area contributed by atoms with Gasteiger partial charge in [0.05, 0.1) is 6.04 Å². The van der Waals surface area contributed by atoms with E-state index in [1.807, 2.05) is 0 Å². The van der Waals surface area contributed by atoms with Crippen molar-refractivity contribution >= 4 is 17.5 Å². The van der Waals surface area contributed by atoms with Gasteiger partial charge in [0.1, 0.15) is 0 Å². The van der Waals surface area contributed by atoms with Crippen molar-refractivity contribution in [2.75, 3.05) is 0 Å². The van der Waals surface area contributed by atoms with Gasteiger partial charge in [-0.25, -0.2) is 0 Å². The topological polar surface area (TPSA) is 89.3 Å². The minimum absolute atomic E-state index is 0.0856. The van der Waals surface area contributed by atoms with E-state index in [9.17, 15) is 14.4 Å². The molecule has 1 amide bonds. The molecule has 0 unspecified atom stereocenters. The third-order valence-corrected chi connectivity index (χ3v) is 1.99. The molecule has 0 aromatic carbocycles. The molecule has 16 heavy (non-hydrogen) atoms. The summed E-state index contributed by atoms with van der Waals surface area (Å²) in [5, 5.41) is 2.89. The van der Waals surface area contributed by atoms with Crippen LogP contribution in [0, 0.1) is 0 Å². The Morgan fingerprint density at radius 1 is 1.25 bits per heavy atom. The predicted octanol–water partition coefficient (Wildman–Crippen LogP) is 0.292. The molecule has 0 aliphatic heterocycles. The lowest BCUT2D eigenvalue weighted by Gasteiger charge is -2.16. The summed E-state index contributed by atoms with van der Waals surface area (Å²) in [4.78, 5) is 32.7. The van der Waals surface area contributed by atoms with Crippen molar-refractivity contribution in [3.63, 3.8) is 0 Å². The Balaban J connectivity index is 4.39. The molecule has 0 radical (unpaired) electrons. The fourth-order valence-corrected chi connectivity index (χ4v) is 1.29. The van der Waals surface area contributed by atoms with Gasteiger partial charge in [0.2, 0.25) is 5.91 Å². The minimum Gasteiger partial charge on any atom is -0.379 e. The van der Waals surface area contributed by atoms with Gasteiger partial charge in [-0.2, -0.15) is 0 Å². The van der Waals surface area contributed by atoms with Crippen LogP contribution in [0.1, 0.15) is 33.6 Å². The van der Waals surface area contributed by atoms with Crippen molar-refractivity contribution in [1.82, 2.24) is 5.32 Å². The molecule has 0 aromatic heterocycles. The Morgan fingerprint density at radius 3 is 2.19 bits per heavy atom. The number of allylic oxidation sites excluding steroid dienone is 2. The molecule has 3 N–H and O–H groups in total. The van der Waals surface area contributed by atoms with Gasteiger partial charge < -0.3 is 11.1 Å². The highest BCUT2D eigenvalue weighted by molar-refractivity contribution is 5.88. The summed E-state index contributed by atoms with van der Waals surface area (Å²) in [7, 11) is 0. The van der Waals surface area contributed by atoms with Gasteiger partial charge in [0, 0.05) is 12.1 Å². The molecule has 90 valence electrons. The van der Waals surface area contributed by atoms with Gasteiger partial charge in [-0.1, -0.05) is 0 Å². The van der Waals surface area contributed by atoms with Crippen LogP contribution in [-0.2, 0) is 14.4 Å². The van der Waals surface area contributed by atoms with E-state index in [0.717, 1.165) is 0 Å². The van der Waals surface area contributed by atoms with Crippen LogP contribution in [0.3, 0.4) is 0 Å². The van der Waals surface area contributed by atoms with Gasteiger partial charge in [-0.3, -0.25) is 14.4 Å². The van der Waals surface area contributed by atoms with Crippen LogP contribution in [0.25, 0.3) is 0 Å². The lowest BCUT2D eigenvalue weighted by atomic mass is 10.1. The van der Waals surface area contributed by atoms with E-state index in [1.165, 1.54) is 19.9 Å². The first-order valence-electron chi connectivity index (χ1n) is 5.07. The number of nitrogens with one attached hydrogen (secondary N) is 1. The zero-order valence-electron chi connectivity index (χ0n) is 9.87. The van der Waals surface area contributed by atoms with Gasteiger partial charge in [0.15, 0.2) is 11.6 Å². The van der Waals surface area contributed by atoms with E-state index in [4.69, 9.17) is 5.73 Å². The summed E-state index contributed by atoms with van der Waals surface area (Å²) in [5.41, 5.74) is 5.61. The van der Waals surface area contributed by atoms with Crippen LogP contribution in [0.5, 0.6) is 0 Å². The summed E-state index contributed by atoms with van der Waals surface area (Å²) in [6.07, 6.45) is 1.89. The van der Waals surface area contributed by atoms with Gasteiger partial charge >= 0.3 is 0 Å². The standard InChI is InChI=1S/C11H18N2O3/c1-7(6-8(2)14)13-10(9(3)15)4-5-11(12)16/h6,10,13H,4-5H2,1-3H3,(H2,12,16)/b7-6+/t10-/m0/s1. The normalized spacial score (nSPS) is 13.1. The second kappa shape index (κ2) is 6.76. The number of Topliss-reactive ketones (excluding diaryl/α,β-unsaturated/α-hetero) is 1. The molecule has 0 rings (SSSR count). The molecule has 0 heterocycles. The fraction of sp³-hybridized carbons (Fsp3) is 0.545. The first-order chi connectivity index (χ1) is 7.32. The SMILES string of the molecule is CC(=O)/C=C(\C)N[C@@H](CCC(N)=O)C(C)=O. The molecule has 0 spiro atoms. The molecule has 5 nitrogen and oxygen atoms in total. The van der Waals surface area contributed by atoms with E-state index in [0.29, 0.717) is 12.1 Å². The Kier molecular flexibility index (Phi) is 6.07. The maximum absolute atomic E-state index is 11.3. The Morgan fingerprint density at radius 2 is 1.81 bits per heavy atom. The lowest BCUT2D eigenvalue weighted by Crippen LogP contribution is -2.35. The monoisotopic (exact) mass is 226 g/mol. The Bertz CT molecular complexity index is 321. The number of rotatable bonds is 7. The van der Waals surface area contributed by atoms with Crippen LogP contribution in [0.2, 0.25) is 0 Å². The average molecular weight is 226 g/mol. The second-order valence-electron chi connectivity index (χ2n) is 3.75. The summed E-state index contributed by atoms with van der Waals surface area (Å²) in [6.45, 7) is 4.55. The number of hydrogen-bond donors (Lipinski definition) is 2. The first-order valence-corrected chi connectivity index (χ1v) is 5.07. The van der Waals surface area contributed by atoms with E-state index in [-0.39, 0.29) is 18.0 Å². The molecule has 0 bridgehead atoms. The van der Waals surface area contributed by atoms with Crippen LogP contribution in [0.15, 0.2) is 11.8 Å². The van der Waals surface area contributed by atoms with Gasteiger partial charge in [-0.05, 0) is 33.3 Å². The molecule has 1 atom stereocenters. The minimum atomic E-state index is -0.469. The second-order valence-corrected chi connectivity index (χ2v) is 3.75. The number of amides is 1. The third-order valence-electron chi connectivity index (χ3n) is 1.99. The summed E-state index contributed by atoms with van der Waals surface area (Å²) in [5.74, 6) is -0.624. The molecule has 0 aliphatic carbocycles. The summed E-state index contributed by atoms with van der Waals surface area (Å²) < 4.78 is 0.